The van der Waals surface area contributed by atoms with Gasteiger partial charge in [-0.15, -0.1) is 0 Å². The number of aromatic nitrogens is 4. The monoisotopic (exact) mass is 1180 g/mol. The van der Waals surface area contributed by atoms with Crippen molar-refractivity contribution < 1.29 is 38.1 Å². The van der Waals surface area contributed by atoms with Gasteiger partial charge in [0.15, 0.2) is 17.3 Å². The number of carboxylic acids is 2. The number of nitrogens with one attached hydrogen (secondary N) is 2. The van der Waals surface area contributed by atoms with Gasteiger partial charge in [-0.25, -0.2) is 9.97 Å². The highest BCUT2D eigenvalue weighted by atomic mass is 35.5. The molecule has 4 aliphatic heterocycles. The van der Waals surface area contributed by atoms with Gasteiger partial charge in [0.2, 0.25) is 11.9 Å². The second-order valence-corrected chi connectivity index (χ2v) is 25.2. The number of benzene rings is 2. The molecular formula is C55H68Cl5F3N10O5. The number of piperidine rings is 2. The minimum absolute atomic E-state index is 0.0197. The number of anilines is 4. The van der Waals surface area contributed by atoms with E-state index in [0.29, 0.717) is 98.8 Å². The molecule has 5 N–H and O–H groups in total. The molecule has 6 fully saturated rings. The highest BCUT2D eigenvalue weighted by molar-refractivity contribution is 6.35. The van der Waals surface area contributed by atoms with E-state index in [1.54, 1.807) is 36.9 Å². The van der Waals surface area contributed by atoms with Gasteiger partial charge in [0.1, 0.15) is 10.0 Å². The maximum atomic E-state index is 13.9. The molecule has 6 heterocycles. The number of alkyl halides is 3. The van der Waals surface area contributed by atoms with Crippen molar-refractivity contribution in [3.63, 3.8) is 0 Å². The number of aliphatic hydroxyl groups is 1. The maximum absolute atomic E-state index is 13.9. The largest absolute Gasteiger partial charge is 0.481 e. The molecule has 424 valence electrons. The van der Waals surface area contributed by atoms with Crippen LogP contribution in [0.15, 0.2) is 36.4 Å². The minimum Gasteiger partial charge on any atom is -0.481 e. The zero-order valence-electron chi connectivity index (χ0n) is 44.4. The summed E-state index contributed by atoms with van der Waals surface area (Å²) in [6, 6.07) is 10.9. The maximum Gasteiger partial charge on any atom is 0.435 e. The molecule has 0 spiro atoms. The first-order valence-corrected chi connectivity index (χ1v) is 28.7. The molecule has 10 rings (SSSR count). The van der Waals surface area contributed by atoms with Crippen LogP contribution in [0.3, 0.4) is 0 Å². The summed E-state index contributed by atoms with van der Waals surface area (Å²) in [5.74, 6) is 1.33. The van der Waals surface area contributed by atoms with Crippen molar-refractivity contribution >= 4 is 93.5 Å². The van der Waals surface area contributed by atoms with E-state index in [2.05, 4.69) is 40.3 Å². The average Bonchev–Trinajstić information content (AvgIpc) is 3.34. The number of halogens is 8. The first kappa shape index (κ1) is 58.5. The van der Waals surface area contributed by atoms with Crippen LogP contribution in [0, 0.1) is 41.4 Å². The summed E-state index contributed by atoms with van der Waals surface area (Å²) in [5, 5.41) is 36.4. The summed E-state index contributed by atoms with van der Waals surface area (Å²) in [6.45, 7) is 15.9. The molecule has 4 aromatic rings. The van der Waals surface area contributed by atoms with E-state index in [9.17, 15) is 38.1 Å². The molecule has 15 nitrogen and oxygen atoms in total. The third kappa shape index (κ3) is 12.5. The highest BCUT2D eigenvalue weighted by Gasteiger charge is 2.51. The highest BCUT2D eigenvalue weighted by Crippen LogP contribution is 2.48. The Labute approximate surface area is 478 Å². The van der Waals surface area contributed by atoms with Gasteiger partial charge >= 0.3 is 18.1 Å². The Hall–Kier alpha value is -4.14. The fourth-order valence-corrected chi connectivity index (χ4v) is 13.8. The predicted molar refractivity (Wildman–Crippen MR) is 299 cm³/mol. The molecule has 2 aromatic heterocycles. The molecule has 4 saturated heterocycles. The summed E-state index contributed by atoms with van der Waals surface area (Å²) in [7, 11) is 0. The molecule has 0 radical (unpaired) electrons. The minimum atomic E-state index is -4.76. The molecule has 0 amide bonds. The van der Waals surface area contributed by atoms with Crippen molar-refractivity contribution in [2.75, 3.05) is 72.8 Å². The molecule has 4 atom stereocenters. The summed E-state index contributed by atoms with van der Waals surface area (Å²) in [4.78, 5) is 49.3. The summed E-state index contributed by atoms with van der Waals surface area (Å²) >= 11 is 31.5. The van der Waals surface area contributed by atoms with E-state index >= 15 is 0 Å². The van der Waals surface area contributed by atoms with E-state index in [-0.39, 0.29) is 30.5 Å². The van der Waals surface area contributed by atoms with Crippen LogP contribution >= 0.6 is 58.0 Å². The van der Waals surface area contributed by atoms with Crippen molar-refractivity contribution in [1.29, 1.82) is 0 Å². The van der Waals surface area contributed by atoms with Crippen LogP contribution in [-0.2, 0) is 22.4 Å². The SMILES string of the molecule is CC(Nc1nc(N2CC(C3CCCN(C4CC(C)(C(=O)O)C4)C3)C2)nc(C(F)(F)F)c1Cl)c1ccc(Cl)cc1Cl.Cc1ccc(C(C)Nc2nc(N3CC(C4CCCN(C5CC(C)(C(=O)O)C5)C4)C3)nc(CO)c2Cl)c(Cl)c1. The van der Waals surface area contributed by atoms with Crippen molar-refractivity contribution in [1.82, 2.24) is 29.7 Å². The van der Waals surface area contributed by atoms with Gasteiger partial charge in [0.05, 0.1) is 35.2 Å². The van der Waals surface area contributed by atoms with Gasteiger partial charge < -0.3 is 45.6 Å². The lowest BCUT2D eigenvalue weighted by Crippen LogP contribution is -2.58. The van der Waals surface area contributed by atoms with E-state index < -0.39 is 45.7 Å². The van der Waals surface area contributed by atoms with Gasteiger partial charge in [-0.1, -0.05) is 76.2 Å². The summed E-state index contributed by atoms with van der Waals surface area (Å²) in [6.07, 6.45) is 2.46. The predicted octanol–water partition coefficient (Wildman–Crippen LogP) is 12.2. The first-order chi connectivity index (χ1) is 36.8. The second kappa shape index (κ2) is 23.4. The van der Waals surface area contributed by atoms with E-state index in [1.165, 1.54) is 6.42 Å². The molecule has 2 aliphatic carbocycles. The zero-order chi connectivity index (χ0) is 56.2. The Morgan fingerprint density at radius 1 is 0.667 bits per heavy atom. The van der Waals surface area contributed by atoms with Crippen LogP contribution in [0.5, 0.6) is 0 Å². The summed E-state index contributed by atoms with van der Waals surface area (Å²) in [5.41, 5.74) is 0.687. The quantitative estimate of drug-likeness (QED) is 0.0757. The number of rotatable bonds is 15. The number of likely N-dealkylation sites (tertiary alicyclic amines) is 2. The number of carbonyl (C=O) groups is 2. The Bertz CT molecular complexity index is 2870. The molecule has 78 heavy (non-hydrogen) atoms. The number of aliphatic carboxylic acids is 2. The van der Waals surface area contributed by atoms with Gasteiger partial charge in [-0.05, 0) is 158 Å². The zero-order valence-corrected chi connectivity index (χ0v) is 48.1. The number of hydrogen-bond donors (Lipinski definition) is 5. The standard InChI is InChI=1S/C28H37Cl2N5O3.C27H31Cl3F3N5O2/c1-16-6-7-21(22(29)9-16)17(2)31-25-24(30)23(15-36)32-27(33-25)35-13-19(14-35)18-5-4-8-34(12-18)20-10-28(3,11-20)26(37)38;1-14(19-6-5-17(28)8-20(19)29)34-23-21(30)22(27(31,32)33)35-25(36-23)38-12-16(13-38)15-4-3-7-37(11-15)18-9-26(2,10-18)24(39)40/h6-7,9,17-20,36H,4-5,8,10-15H2,1-3H3,(H,37,38)(H,31,32,33);5-6,8,14-16,18H,3-4,7,9-13H2,1-2H3,(H,39,40)(H,34,35,36). The average molecular weight is 1180 g/mol. The van der Waals surface area contributed by atoms with Crippen molar-refractivity contribution in [2.45, 2.75) is 123 Å². The fraction of sp³-hybridized carbons (Fsp3) is 0.600. The Morgan fingerprint density at radius 3 is 1.55 bits per heavy atom. The van der Waals surface area contributed by atoms with Crippen molar-refractivity contribution in [2.24, 2.45) is 34.5 Å². The van der Waals surface area contributed by atoms with Crippen LogP contribution in [0.4, 0.5) is 36.7 Å². The number of carboxylic acid groups (broad SMARTS) is 2. The number of aryl methyl sites for hydroxylation is 1. The lowest BCUT2D eigenvalue weighted by Gasteiger charge is -2.52. The normalized spacial score (nSPS) is 26.8. The van der Waals surface area contributed by atoms with Gasteiger partial charge in [0.25, 0.3) is 0 Å². The molecule has 0 bridgehead atoms. The van der Waals surface area contributed by atoms with E-state index in [4.69, 9.17) is 63.0 Å². The third-order valence-electron chi connectivity index (χ3n) is 17.4. The van der Waals surface area contributed by atoms with Crippen LogP contribution < -0.4 is 20.4 Å². The Kier molecular flexibility index (Phi) is 17.5. The van der Waals surface area contributed by atoms with Crippen molar-refractivity contribution in [3.05, 3.63) is 89.6 Å². The second-order valence-electron chi connectivity index (χ2n) is 23.2. The number of aliphatic hydroxyl groups excluding tert-OH is 1. The molecule has 2 saturated carbocycles. The lowest BCUT2D eigenvalue weighted by molar-refractivity contribution is -0.159. The Balaban J connectivity index is 0.000000190. The van der Waals surface area contributed by atoms with E-state index in [1.807, 2.05) is 39.0 Å². The molecule has 2 aromatic carbocycles. The fourth-order valence-electron chi connectivity index (χ4n) is 12.4. The van der Waals surface area contributed by atoms with Crippen LogP contribution in [-0.4, -0.2) is 121 Å². The lowest BCUT2D eigenvalue weighted by atomic mass is 9.65. The van der Waals surface area contributed by atoms with Gasteiger partial charge in [-0.3, -0.25) is 9.59 Å². The number of hydrogen-bond acceptors (Lipinski definition) is 13. The molecule has 4 unspecified atom stereocenters. The molecular weight excluding hydrogens is 1110 g/mol. The number of nitrogens with zero attached hydrogens (tertiary/aromatic N) is 8. The third-order valence-corrected chi connectivity index (χ3v) is 19.1. The van der Waals surface area contributed by atoms with E-state index in [0.717, 1.165) is 82.5 Å². The van der Waals surface area contributed by atoms with Gasteiger partial charge in [-0.2, -0.15) is 23.1 Å². The topological polar surface area (TPSA) is 183 Å². The van der Waals surface area contributed by atoms with Crippen LogP contribution in [0.25, 0.3) is 0 Å². The van der Waals surface area contributed by atoms with Gasteiger partial charge in [0, 0.05) is 66.4 Å². The molecule has 6 aliphatic rings. The first-order valence-electron chi connectivity index (χ1n) is 26.8. The smallest absolute Gasteiger partial charge is 0.435 e. The van der Waals surface area contributed by atoms with Crippen molar-refractivity contribution in [3.8, 4) is 0 Å². The molecule has 23 heteroatoms. The Morgan fingerprint density at radius 2 is 1.12 bits per heavy atom. The van der Waals surface area contributed by atoms with Crippen LogP contribution in [0.2, 0.25) is 25.1 Å². The van der Waals surface area contributed by atoms with Crippen LogP contribution in [0.1, 0.15) is 119 Å². The summed E-state index contributed by atoms with van der Waals surface area (Å²) < 4.78 is 41.7.